The minimum atomic E-state index is -0.765. The molecule has 6 heteroatoms. The zero-order valence-corrected chi connectivity index (χ0v) is 48.2. The Morgan fingerprint density at radius 3 is 0.847 bits per heavy atom. The van der Waals surface area contributed by atoms with Crippen molar-refractivity contribution in [1.82, 2.24) is 0 Å². The molecule has 6 nitrogen and oxygen atoms in total. The van der Waals surface area contributed by atoms with Gasteiger partial charge >= 0.3 is 17.9 Å². The lowest BCUT2D eigenvalue weighted by Gasteiger charge is -2.18. The molecule has 0 aliphatic heterocycles. The van der Waals surface area contributed by atoms with Crippen LogP contribution in [-0.2, 0) is 28.6 Å². The first-order valence-electron chi connectivity index (χ1n) is 31.6. The molecule has 1 atom stereocenters. The minimum Gasteiger partial charge on any atom is -0.462 e. The smallest absolute Gasteiger partial charge is 0.306 e. The minimum absolute atomic E-state index is 0.0681. The lowest BCUT2D eigenvalue weighted by Crippen LogP contribution is -2.30. The summed E-state index contributed by atoms with van der Waals surface area (Å²) in [5.41, 5.74) is 0. The lowest BCUT2D eigenvalue weighted by atomic mass is 10.0. The maximum absolute atomic E-state index is 12.8. The second-order valence-corrected chi connectivity index (χ2v) is 21.3. The van der Waals surface area contributed by atoms with Crippen molar-refractivity contribution in [2.24, 2.45) is 0 Å². The second-order valence-electron chi connectivity index (χ2n) is 21.3. The summed E-state index contributed by atoms with van der Waals surface area (Å²) in [5, 5.41) is 0. The van der Waals surface area contributed by atoms with Crippen LogP contribution in [0.2, 0.25) is 0 Å². The van der Waals surface area contributed by atoms with Gasteiger partial charge in [-0.05, 0) is 57.8 Å². The third kappa shape index (κ3) is 58.3. The summed E-state index contributed by atoms with van der Waals surface area (Å²) in [5.74, 6) is -0.862. The summed E-state index contributed by atoms with van der Waals surface area (Å²) in [4.78, 5) is 37.9. The molecule has 0 saturated carbocycles. The maximum atomic E-state index is 12.8. The largest absolute Gasteiger partial charge is 0.462 e. The van der Waals surface area contributed by atoms with Gasteiger partial charge in [0.25, 0.3) is 0 Å². The third-order valence-electron chi connectivity index (χ3n) is 14.1. The predicted molar refractivity (Wildman–Crippen MR) is 312 cm³/mol. The molecule has 0 fully saturated rings. The van der Waals surface area contributed by atoms with Crippen LogP contribution in [0.3, 0.4) is 0 Å². The Morgan fingerprint density at radius 1 is 0.292 bits per heavy atom. The van der Waals surface area contributed by atoms with Crippen LogP contribution in [0.25, 0.3) is 0 Å². The van der Waals surface area contributed by atoms with Crippen molar-refractivity contribution in [2.45, 2.75) is 341 Å². The highest BCUT2D eigenvalue weighted by molar-refractivity contribution is 5.71. The Morgan fingerprint density at radius 2 is 0.542 bits per heavy atom. The first kappa shape index (κ1) is 69.4. The van der Waals surface area contributed by atoms with Crippen LogP contribution >= 0.6 is 0 Å². The molecule has 0 saturated heterocycles. The fourth-order valence-corrected chi connectivity index (χ4v) is 9.38. The summed E-state index contributed by atoms with van der Waals surface area (Å²) < 4.78 is 16.8. The third-order valence-corrected chi connectivity index (χ3v) is 14.1. The van der Waals surface area contributed by atoms with Crippen molar-refractivity contribution < 1.29 is 28.6 Å². The van der Waals surface area contributed by atoms with Gasteiger partial charge in [0.05, 0.1) is 0 Å². The molecule has 72 heavy (non-hydrogen) atoms. The monoisotopic (exact) mass is 1010 g/mol. The zero-order valence-electron chi connectivity index (χ0n) is 48.2. The molecule has 0 radical (unpaired) electrons. The van der Waals surface area contributed by atoms with Gasteiger partial charge in [-0.25, -0.2) is 0 Å². The molecule has 0 aliphatic carbocycles. The van der Waals surface area contributed by atoms with Gasteiger partial charge < -0.3 is 14.2 Å². The van der Waals surface area contributed by atoms with Crippen molar-refractivity contribution in [3.63, 3.8) is 0 Å². The van der Waals surface area contributed by atoms with E-state index in [9.17, 15) is 14.4 Å². The molecule has 0 N–H and O–H groups in total. The number of allylic oxidation sites excluding steroid dienone is 8. The molecule has 0 spiro atoms. The molecule has 0 aromatic rings. The van der Waals surface area contributed by atoms with E-state index in [-0.39, 0.29) is 31.1 Å². The van der Waals surface area contributed by atoms with Crippen molar-refractivity contribution in [3.05, 3.63) is 48.6 Å². The van der Waals surface area contributed by atoms with E-state index in [0.29, 0.717) is 19.3 Å². The summed E-state index contributed by atoms with van der Waals surface area (Å²) in [6.45, 7) is 6.50. The highest BCUT2D eigenvalue weighted by Gasteiger charge is 2.19. The number of hydrogen-bond acceptors (Lipinski definition) is 6. The van der Waals surface area contributed by atoms with Crippen molar-refractivity contribution in [1.29, 1.82) is 0 Å². The quantitative estimate of drug-likeness (QED) is 0.0261. The molecule has 0 aromatic carbocycles. The average molecular weight is 1010 g/mol. The van der Waals surface area contributed by atoms with Crippen LogP contribution < -0.4 is 0 Å². The predicted octanol–water partition coefficient (Wildman–Crippen LogP) is 21.4. The summed E-state index contributed by atoms with van der Waals surface area (Å²) in [7, 11) is 0. The molecule has 0 bridgehead atoms. The van der Waals surface area contributed by atoms with Crippen LogP contribution in [0, 0.1) is 0 Å². The van der Waals surface area contributed by atoms with Crippen LogP contribution in [0.15, 0.2) is 48.6 Å². The number of carbonyl (C=O) groups is 3. The Bertz CT molecular complexity index is 1250. The number of hydrogen-bond donors (Lipinski definition) is 0. The first-order chi connectivity index (χ1) is 35.5. The van der Waals surface area contributed by atoms with Gasteiger partial charge in [-0.2, -0.15) is 0 Å². The highest BCUT2D eigenvalue weighted by atomic mass is 16.6. The molecule has 0 amide bonds. The number of unbranched alkanes of at least 4 members (excludes halogenated alkanes) is 39. The highest BCUT2D eigenvalue weighted by Crippen LogP contribution is 2.18. The lowest BCUT2D eigenvalue weighted by molar-refractivity contribution is -0.167. The van der Waals surface area contributed by atoms with Crippen molar-refractivity contribution in [2.75, 3.05) is 13.2 Å². The summed E-state index contributed by atoms with van der Waals surface area (Å²) >= 11 is 0. The molecule has 1 unspecified atom stereocenters. The molecular weight excluding hydrogens is 889 g/mol. The average Bonchev–Trinajstić information content (AvgIpc) is 3.38. The van der Waals surface area contributed by atoms with E-state index in [1.165, 1.54) is 205 Å². The van der Waals surface area contributed by atoms with Gasteiger partial charge in [0, 0.05) is 19.3 Å². The van der Waals surface area contributed by atoms with E-state index < -0.39 is 6.10 Å². The van der Waals surface area contributed by atoms with E-state index in [2.05, 4.69) is 69.4 Å². The fraction of sp³-hybridized carbons (Fsp3) is 0.833. The molecule has 420 valence electrons. The van der Waals surface area contributed by atoms with Crippen LogP contribution in [0.1, 0.15) is 335 Å². The molecule has 0 aromatic heterocycles. The summed E-state index contributed by atoms with van der Waals surface area (Å²) in [6, 6.07) is 0. The number of esters is 3. The standard InChI is InChI=1S/C66H120O6/c1-4-7-10-13-15-17-19-21-23-25-27-29-30-31-32-33-34-35-36-37-39-40-42-44-46-48-50-53-56-59-65(68)71-62-63(61-70-64(67)58-55-52-12-9-6-3)72-66(69)60-57-54-51-49-47-45-43-41-38-28-26-24-22-20-18-16-14-11-8-5-2/h7,10,15,17,21,23,27,29,63H,4-6,8-9,11-14,16,18-20,22,24-26,28,30-62H2,1-3H3/b10-7-,17-15-,23-21-,29-27-. The second kappa shape index (κ2) is 60.9. The van der Waals surface area contributed by atoms with Gasteiger partial charge in [-0.15, -0.1) is 0 Å². The number of carbonyl (C=O) groups excluding carboxylic acids is 3. The maximum Gasteiger partial charge on any atom is 0.306 e. The van der Waals surface area contributed by atoms with Gasteiger partial charge in [-0.3, -0.25) is 14.4 Å². The van der Waals surface area contributed by atoms with Gasteiger partial charge in [0.15, 0.2) is 6.10 Å². The molecule has 0 heterocycles. The van der Waals surface area contributed by atoms with E-state index in [4.69, 9.17) is 14.2 Å². The van der Waals surface area contributed by atoms with E-state index in [1.54, 1.807) is 0 Å². The van der Waals surface area contributed by atoms with Gasteiger partial charge in [0.2, 0.25) is 0 Å². The molecule has 0 rings (SSSR count). The topological polar surface area (TPSA) is 78.9 Å². The first-order valence-corrected chi connectivity index (χ1v) is 31.6. The van der Waals surface area contributed by atoms with Gasteiger partial charge in [0.1, 0.15) is 13.2 Å². The zero-order chi connectivity index (χ0) is 52.2. The molecule has 0 aliphatic rings. The van der Waals surface area contributed by atoms with Crippen LogP contribution in [0.4, 0.5) is 0 Å². The Balaban J connectivity index is 3.97. The normalized spacial score (nSPS) is 12.3. The van der Waals surface area contributed by atoms with E-state index >= 15 is 0 Å². The van der Waals surface area contributed by atoms with Crippen molar-refractivity contribution in [3.8, 4) is 0 Å². The fourth-order valence-electron chi connectivity index (χ4n) is 9.38. The van der Waals surface area contributed by atoms with E-state index in [1.807, 2.05) is 0 Å². The Labute approximate surface area is 448 Å². The number of rotatable bonds is 58. The van der Waals surface area contributed by atoms with Crippen LogP contribution in [0.5, 0.6) is 0 Å². The van der Waals surface area contributed by atoms with Gasteiger partial charge in [-0.1, -0.05) is 307 Å². The SMILES string of the molecule is CC/C=C\C/C=C\C/C=C\C/C=C\CCCCCCCCCCCCCCCCCCC(=O)OCC(COC(=O)CCCCCCC)OC(=O)CCCCCCCCCCCCCCCCCCCCCC. The number of ether oxygens (including phenoxy) is 3. The molecular formula is C66H120O6. The Kier molecular flexibility index (Phi) is 58.7. The summed E-state index contributed by atoms with van der Waals surface area (Å²) in [6.07, 6.45) is 76.0. The van der Waals surface area contributed by atoms with E-state index in [0.717, 1.165) is 89.9 Å². The van der Waals surface area contributed by atoms with Crippen LogP contribution in [-0.4, -0.2) is 37.2 Å². The Hall–Kier alpha value is -2.63. The van der Waals surface area contributed by atoms with Crippen molar-refractivity contribution >= 4 is 17.9 Å².